The molecule has 0 fully saturated rings. The summed E-state index contributed by atoms with van der Waals surface area (Å²) in [6.07, 6.45) is 0. The lowest BCUT2D eigenvalue weighted by atomic mass is 10.0. The molecule has 0 bridgehead atoms. The average molecular weight is 330 g/mol. The fourth-order valence-electron chi connectivity index (χ4n) is 2.28. The van der Waals surface area contributed by atoms with E-state index >= 15 is 0 Å². The first kappa shape index (κ1) is 14.6. The number of hydrogen-bond acceptors (Lipinski definition) is 3. The average Bonchev–Trinajstić information content (AvgIpc) is 2.49. The molecule has 2 aromatic carbocycles. The highest BCUT2D eigenvalue weighted by molar-refractivity contribution is 9.10. The number of nitrogens with zero attached hydrogens (tertiary/aromatic N) is 2. The van der Waals surface area contributed by atoms with Crippen LogP contribution in [0.15, 0.2) is 53.0 Å². The van der Waals surface area contributed by atoms with E-state index in [0.29, 0.717) is 12.1 Å². The Morgan fingerprint density at radius 1 is 1.20 bits per heavy atom. The molecule has 0 radical (unpaired) electrons. The summed E-state index contributed by atoms with van der Waals surface area (Å²) in [6.45, 7) is 0.471. The smallest absolute Gasteiger partial charge is 0.101 e. The van der Waals surface area contributed by atoms with Crippen molar-refractivity contribution in [2.45, 2.75) is 6.04 Å². The second-order valence-corrected chi connectivity index (χ2v) is 5.37. The molecule has 2 aromatic rings. The minimum atomic E-state index is 0.0140. The third-order valence-corrected chi connectivity index (χ3v) is 4.08. The number of rotatable bonds is 4. The van der Waals surface area contributed by atoms with Crippen molar-refractivity contribution in [3.63, 3.8) is 0 Å². The molecule has 1 unspecified atom stereocenters. The molecule has 0 aliphatic rings. The third kappa shape index (κ3) is 2.84. The van der Waals surface area contributed by atoms with Crippen LogP contribution in [0.25, 0.3) is 0 Å². The largest absolute Gasteiger partial charge is 0.365 e. The zero-order chi connectivity index (χ0) is 14.5. The van der Waals surface area contributed by atoms with Gasteiger partial charge in [0.15, 0.2) is 0 Å². The van der Waals surface area contributed by atoms with E-state index in [1.165, 1.54) is 0 Å². The van der Waals surface area contributed by atoms with Crippen LogP contribution in [0.1, 0.15) is 17.2 Å². The maximum Gasteiger partial charge on any atom is 0.101 e. The summed E-state index contributed by atoms with van der Waals surface area (Å²) in [6, 6.07) is 17.8. The lowest BCUT2D eigenvalue weighted by Crippen LogP contribution is -2.31. The minimum absolute atomic E-state index is 0.0140. The van der Waals surface area contributed by atoms with Gasteiger partial charge in [-0.1, -0.05) is 46.3 Å². The molecule has 4 heteroatoms. The van der Waals surface area contributed by atoms with Crippen molar-refractivity contribution < 1.29 is 0 Å². The summed E-state index contributed by atoms with van der Waals surface area (Å²) in [5.74, 6) is 0. The predicted molar refractivity (Wildman–Crippen MR) is 85.5 cm³/mol. The van der Waals surface area contributed by atoms with Crippen LogP contribution in [0.4, 0.5) is 5.69 Å². The molecule has 0 saturated carbocycles. The van der Waals surface area contributed by atoms with E-state index < -0.39 is 0 Å². The van der Waals surface area contributed by atoms with Gasteiger partial charge in [0.1, 0.15) is 6.07 Å². The van der Waals surface area contributed by atoms with Gasteiger partial charge in [0, 0.05) is 18.1 Å². The van der Waals surface area contributed by atoms with E-state index in [1.807, 2.05) is 55.6 Å². The van der Waals surface area contributed by atoms with Crippen molar-refractivity contribution in [2.24, 2.45) is 5.73 Å². The number of nitrogens with two attached hydrogens (primary N) is 1. The number of likely N-dealkylation sites (N-methyl/N-ethyl adjacent to an activating group) is 1. The van der Waals surface area contributed by atoms with E-state index in [0.717, 1.165) is 15.7 Å². The van der Waals surface area contributed by atoms with Gasteiger partial charge < -0.3 is 10.6 Å². The van der Waals surface area contributed by atoms with Gasteiger partial charge in [0.05, 0.1) is 17.3 Å². The van der Waals surface area contributed by atoms with Crippen LogP contribution < -0.4 is 10.6 Å². The topological polar surface area (TPSA) is 53.0 Å². The van der Waals surface area contributed by atoms with Crippen LogP contribution in [0, 0.1) is 11.3 Å². The summed E-state index contributed by atoms with van der Waals surface area (Å²) >= 11 is 3.57. The van der Waals surface area contributed by atoms with Crippen molar-refractivity contribution in [3.05, 3.63) is 64.1 Å². The molecular weight excluding hydrogens is 314 g/mol. The van der Waals surface area contributed by atoms with Gasteiger partial charge in [-0.2, -0.15) is 5.26 Å². The van der Waals surface area contributed by atoms with E-state index in [2.05, 4.69) is 26.9 Å². The first-order valence-corrected chi connectivity index (χ1v) is 7.14. The monoisotopic (exact) mass is 329 g/mol. The Hall–Kier alpha value is -1.83. The molecule has 0 aliphatic carbocycles. The van der Waals surface area contributed by atoms with Gasteiger partial charge >= 0.3 is 0 Å². The Balaban J connectivity index is 2.42. The van der Waals surface area contributed by atoms with E-state index in [9.17, 15) is 5.26 Å². The molecule has 2 rings (SSSR count). The Morgan fingerprint density at radius 2 is 1.85 bits per heavy atom. The molecule has 1 atom stereocenters. The Morgan fingerprint density at radius 3 is 2.50 bits per heavy atom. The van der Waals surface area contributed by atoms with Crippen molar-refractivity contribution in [2.75, 3.05) is 18.5 Å². The molecule has 0 spiro atoms. The highest BCUT2D eigenvalue weighted by Crippen LogP contribution is 2.31. The molecule has 20 heavy (non-hydrogen) atoms. The summed E-state index contributed by atoms with van der Waals surface area (Å²) in [5, 5.41) is 9.23. The molecule has 0 heterocycles. The minimum Gasteiger partial charge on any atom is -0.365 e. The standard InChI is InChI=1S/C16H16BrN3/c1-20(15-9-5-2-6-12(15)10-18)16(11-19)13-7-3-4-8-14(13)17/h2-9,16H,11,19H2,1H3. The van der Waals surface area contributed by atoms with E-state index in [1.54, 1.807) is 0 Å². The number of hydrogen-bond donors (Lipinski definition) is 1. The van der Waals surface area contributed by atoms with Gasteiger partial charge in [-0.25, -0.2) is 0 Å². The van der Waals surface area contributed by atoms with Crippen LogP contribution in [0.3, 0.4) is 0 Å². The molecule has 0 amide bonds. The number of anilines is 1. The van der Waals surface area contributed by atoms with Crippen LogP contribution >= 0.6 is 15.9 Å². The third-order valence-electron chi connectivity index (χ3n) is 3.36. The second-order valence-electron chi connectivity index (χ2n) is 4.51. The van der Waals surface area contributed by atoms with Gasteiger partial charge in [-0.3, -0.25) is 0 Å². The lowest BCUT2D eigenvalue weighted by Gasteiger charge is -2.30. The summed E-state index contributed by atoms with van der Waals surface area (Å²) in [4.78, 5) is 2.05. The fourth-order valence-corrected chi connectivity index (χ4v) is 2.83. The molecule has 0 aromatic heterocycles. The fraction of sp³-hybridized carbons (Fsp3) is 0.188. The normalized spacial score (nSPS) is 11.7. The van der Waals surface area contributed by atoms with Crippen LogP contribution in [-0.2, 0) is 0 Å². The lowest BCUT2D eigenvalue weighted by molar-refractivity contribution is 0.677. The van der Waals surface area contributed by atoms with Gasteiger partial charge in [-0.15, -0.1) is 0 Å². The second kappa shape index (κ2) is 6.56. The number of nitriles is 1. The zero-order valence-corrected chi connectivity index (χ0v) is 12.8. The Kier molecular flexibility index (Phi) is 4.78. The van der Waals surface area contributed by atoms with Crippen LogP contribution in [0.2, 0.25) is 0 Å². The highest BCUT2D eigenvalue weighted by Gasteiger charge is 2.19. The molecule has 2 N–H and O–H groups in total. The highest BCUT2D eigenvalue weighted by atomic mass is 79.9. The van der Waals surface area contributed by atoms with Gasteiger partial charge in [-0.05, 0) is 23.8 Å². The van der Waals surface area contributed by atoms with Gasteiger partial charge in [0.25, 0.3) is 0 Å². The van der Waals surface area contributed by atoms with E-state index in [-0.39, 0.29) is 6.04 Å². The van der Waals surface area contributed by atoms with Crippen LogP contribution in [-0.4, -0.2) is 13.6 Å². The van der Waals surface area contributed by atoms with Crippen molar-refractivity contribution >= 4 is 21.6 Å². The Bertz CT molecular complexity index is 634. The summed E-state index contributed by atoms with van der Waals surface area (Å²) in [7, 11) is 1.97. The maximum absolute atomic E-state index is 9.23. The van der Waals surface area contributed by atoms with Crippen LogP contribution in [0.5, 0.6) is 0 Å². The predicted octanol–water partition coefficient (Wildman–Crippen LogP) is 3.46. The van der Waals surface area contributed by atoms with Crippen molar-refractivity contribution in [1.82, 2.24) is 0 Å². The number of benzene rings is 2. The molecule has 0 aliphatic heterocycles. The van der Waals surface area contributed by atoms with Gasteiger partial charge in [0.2, 0.25) is 0 Å². The molecular formula is C16H16BrN3. The van der Waals surface area contributed by atoms with Crippen molar-refractivity contribution in [3.8, 4) is 6.07 Å². The quantitative estimate of drug-likeness (QED) is 0.934. The van der Waals surface area contributed by atoms with Crippen molar-refractivity contribution in [1.29, 1.82) is 5.26 Å². The molecule has 102 valence electrons. The van der Waals surface area contributed by atoms with E-state index in [4.69, 9.17) is 5.73 Å². The first-order chi connectivity index (χ1) is 9.69. The molecule has 0 saturated heterocycles. The number of para-hydroxylation sites is 1. The summed E-state index contributed by atoms with van der Waals surface area (Å²) < 4.78 is 1.02. The SMILES string of the molecule is CN(c1ccccc1C#N)C(CN)c1ccccc1Br. The molecule has 3 nitrogen and oxygen atoms in total. The number of halogens is 1. The summed E-state index contributed by atoms with van der Waals surface area (Å²) in [5.41, 5.74) is 8.62. The zero-order valence-electron chi connectivity index (χ0n) is 11.3. The first-order valence-electron chi connectivity index (χ1n) is 6.35. The Labute approximate surface area is 127 Å². The maximum atomic E-state index is 9.23.